The minimum absolute atomic E-state index is 0.907. The number of para-hydroxylation sites is 2. The molecule has 0 aliphatic rings. The Morgan fingerprint density at radius 3 is 2.05 bits per heavy atom. The molecule has 0 bridgehead atoms. The Morgan fingerprint density at radius 2 is 1.18 bits per heavy atom. The summed E-state index contributed by atoms with van der Waals surface area (Å²) >= 11 is 0. The molecule has 3 heteroatoms. The van der Waals surface area contributed by atoms with Crippen LogP contribution in [0.2, 0.25) is 0 Å². The largest absolute Gasteiger partial charge is 0.309 e. The van der Waals surface area contributed by atoms with E-state index in [2.05, 4.69) is 216 Å². The highest BCUT2D eigenvalue weighted by atomic mass is 15.1. The topological polar surface area (TPSA) is 21.1 Å². The van der Waals surface area contributed by atoms with Gasteiger partial charge < -0.3 is 9.47 Å². The monoisotopic (exact) mass is 713 g/mol. The van der Waals surface area contributed by atoms with Gasteiger partial charge in [-0.15, -0.1) is 0 Å². The van der Waals surface area contributed by atoms with E-state index in [-0.39, 0.29) is 0 Å². The molecular weight excluding hydrogens is 679 g/mol. The maximum atomic E-state index is 4.90. The Kier molecular flexibility index (Phi) is 7.49. The van der Waals surface area contributed by atoms with Crippen LogP contribution in [0.25, 0.3) is 83.1 Å². The molecule has 0 aliphatic carbocycles. The van der Waals surface area contributed by atoms with Gasteiger partial charge in [0, 0.05) is 27.5 Å². The molecule has 2 heterocycles. The Morgan fingerprint density at radius 1 is 0.446 bits per heavy atom. The fourth-order valence-electron chi connectivity index (χ4n) is 8.55. The van der Waals surface area contributed by atoms with E-state index in [1.807, 2.05) is 6.20 Å². The number of hydrogen-bond donors (Lipinski definition) is 0. The molecule has 0 aliphatic heterocycles. The van der Waals surface area contributed by atoms with Crippen LogP contribution in [0, 0.1) is 0 Å². The number of aromatic nitrogens is 2. The second kappa shape index (κ2) is 13.1. The number of anilines is 3. The predicted octanol–water partition coefficient (Wildman–Crippen LogP) is 14.4. The van der Waals surface area contributed by atoms with E-state index in [9.17, 15) is 0 Å². The number of pyridine rings is 1. The third-order valence-corrected chi connectivity index (χ3v) is 11.1. The molecule has 9 aromatic carbocycles. The van der Waals surface area contributed by atoms with Crippen LogP contribution < -0.4 is 4.90 Å². The first-order valence-electron chi connectivity index (χ1n) is 19.1. The van der Waals surface area contributed by atoms with Crippen molar-refractivity contribution >= 4 is 83.3 Å². The Hall–Kier alpha value is -7.49. The number of nitrogens with zero attached hydrogens (tertiary/aromatic N) is 3. The lowest BCUT2D eigenvalue weighted by molar-refractivity contribution is 1.18. The highest BCUT2D eigenvalue weighted by Crippen LogP contribution is 2.43. The summed E-state index contributed by atoms with van der Waals surface area (Å²) in [6.45, 7) is 0. The van der Waals surface area contributed by atoms with E-state index in [1.165, 1.54) is 70.9 Å². The van der Waals surface area contributed by atoms with E-state index in [0.717, 1.165) is 28.3 Å². The van der Waals surface area contributed by atoms with Crippen LogP contribution in [-0.2, 0) is 0 Å². The first-order valence-corrected chi connectivity index (χ1v) is 19.1. The van der Waals surface area contributed by atoms with Crippen LogP contribution in [0.4, 0.5) is 17.1 Å². The molecule has 0 fully saturated rings. The summed E-state index contributed by atoms with van der Waals surface area (Å²) in [5.74, 6) is 0. The lowest BCUT2D eigenvalue weighted by atomic mass is 9.93. The molecule has 0 saturated heterocycles. The van der Waals surface area contributed by atoms with Gasteiger partial charge in [0.1, 0.15) is 0 Å². The van der Waals surface area contributed by atoms with Crippen molar-refractivity contribution in [2.24, 2.45) is 0 Å². The first-order chi connectivity index (χ1) is 27.8. The van der Waals surface area contributed by atoms with E-state index in [1.54, 1.807) is 0 Å². The summed E-state index contributed by atoms with van der Waals surface area (Å²) in [5, 5.41) is 10.0. The fraction of sp³-hybridized carbons (Fsp3) is 0. The van der Waals surface area contributed by atoms with Crippen molar-refractivity contribution in [1.82, 2.24) is 9.55 Å². The summed E-state index contributed by atoms with van der Waals surface area (Å²) < 4.78 is 2.40. The van der Waals surface area contributed by atoms with Crippen LogP contribution in [0.1, 0.15) is 11.3 Å². The maximum absolute atomic E-state index is 4.90. The minimum Gasteiger partial charge on any atom is -0.309 e. The smallest absolute Gasteiger partial charge is 0.0645 e. The molecule has 0 atom stereocenters. The van der Waals surface area contributed by atoms with Crippen molar-refractivity contribution in [1.29, 1.82) is 0 Å². The van der Waals surface area contributed by atoms with Crippen molar-refractivity contribution in [3.05, 3.63) is 212 Å². The Bertz CT molecular complexity index is 3230. The molecule has 0 unspecified atom stereocenters. The average molecular weight is 714 g/mol. The lowest BCUT2D eigenvalue weighted by Gasteiger charge is -2.26. The zero-order valence-corrected chi connectivity index (χ0v) is 30.5. The molecule has 3 nitrogen and oxygen atoms in total. The quantitative estimate of drug-likeness (QED) is 0.153. The van der Waals surface area contributed by atoms with Crippen LogP contribution in [0.3, 0.4) is 0 Å². The van der Waals surface area contributed by atoms with Gasteiger partial charge in [0.2, 0.25) is 0 Å². The molecule has 0 N–H and O–H groups in total. The molecule has 0 amide bonds. The van der Waals surface area contributed by atoms with Crippen LogP contribution in [0.15, 0.2) is 200 Å². The van der Waals surface area contributed by atoms with Gasteiger partial charge in [-0.1, -0.05) is 133 Å². The molecule has 0 radical (unpaired) electrons. The second-order valence-corrected chi connectivity index (χ2v) is 14.4. The molecule has 2 aromatic heterocycles. The van der Waals surface area contributed by atoms with Gasteiger partial charge in [-0.3, -0.25) is 4.98 Å². The minimum atomic E-state index is 0.907. The molecule has 0 spiro atoms. The molecule has 0 saturated carbocycles. The number of fused-ring (bicyclic) bond motifs is 2. The van der Waals surface area contributed by atoms with E-state index in [0.29, 0.717) is 0 Å². The van der Waals surface area contributed by atoms with E-state index in [4.69, 9.17) is 4.98 Å². The molecular formula is C53H35N3. The third kappa shape index (κ3) is 5.32. The summed E-state index contributed by atoms with van der Waals surface area (Å²) in [5.41, 5.74) is 11.4. The third-order valence-electron chi connectivity index (χ3n) is 11.1. The van der Waals surface area contributed by atoms with Gasteiger partial charge in [0.05, 0.1) is 34.3 Å². The van der Waals surface area contributed by atoms with Gasteiger partial charge >= 0.3 is 0 Å². The standard InChI is InChI=1S/C53H35N3/c1-3-14-43(15-4-1)55(49-19-9-12-37-11-7-8-18-47(37)49)45-29-28-42(54-35-45)27-22-36-21-23-40-34-41(25-24-39(40)33-36)46-31-32-51-53-48(46)30-26-38-13-10-20-50(52(38)53)56(51)44-16-5-2-6-17-44/h1-35H/b27-22+. The van der Waals surface area contributed by atoms with Crippen molar-refractivity contribution in [2.75, 3.05) is 4.90 Å². The van der Waals surface area contributed by atoms with Gasteiger partial charge in [-0.05, 0) is 116 Å². The normalized spacial score (nSPS) is 11.9. The van der Waals surface area contributed by atoms with Gasteiger partial charge in [0.15, 0.2) is 0 Å². The van der Waals surface area contributed by atoms with E-state index >= 15 is 0 Å². The predicted molar refractivity (Wildman–Crippen MR) is 238 cm³/mol. The first kappa shape index (κ1) is 32.0. The van der Waals surface area contributed by atoms with Crippen molar-refractivity contribution in [3.63, 3.8) is 0 Å². The molecule has 11 aromatic rings. The van der Waals surface area contributed by atoms with Crippen molar-refractivity contribution in [2.45, 2.75) is 0 Å². The lowest BCUT2D eigenvalue weighted by Crippen LogP contribution is -2.10. The summed E-state index contributed by atoms with van der Waals surface area (Å²) in [7, 11) is 0. The van der Waals surface area contributed by atoms with Crippen molar-refractivity contribution in [3.8, 4) is 16.8 Å². The van der Waals surface area contributed by atoms with Crippen LogP contribution in [0.5, 0.6) is 0 Å². The number of hydrogen-bond acceptors (Lipinski definition) is 2. The number of rotatable bonds is 7. The number of benzene rings is 9. The summed E-state index contributed by atoms with van der Waals surface area (Å²) in [6.07, 6.45) is 6.21. The highest BCUT2D eigenvalue weighted by molar-refractivity contribution is 6.26. The SMILES string of the molecule is C(=C\c1ccc(N(c2ccccc2)c2cccc3ccccc23)cn1)/c1ccc2cc(-c3ccc4c5c3ccc3cccc(c35)n4-c3ccccc3)ccc2c1. The zero-order chi connectivity index (χ0) is 37.0. The molecule has 56 heavy (non-hydrogen) atoms. The zero-order valence-electron chi connectivity index (χ0n) is 30.5. The Labute approximate surface area is 325 Å². The highest BCUT2D eigenvalue weighted by Gasteiger charge is 2.19. The van der Waals surface area contributed by atoms with Crippen molar-refractivity contribution < 1.29 is 0 Å². The maximum Gasteiger partial charge on any atom is 0.0645 e. The van der Waals surface area contributed by atoms with Gasteiger partial charge in [0.25, 0.3) is 0 Å². The molecule has 262 valence electrons. The van der Waals surface area contributed by atoms with Gasteiger partial charge in [-0.25, -0.2) is 0 Å². The Balaban J connectivity index is 0.903. The summed E-state index contributed by atoms with van der Waals surface area (Å²) in [6, 6.07) is 69.8. The molecule has 11 rings (SSSR count). The fourth-order valence-corrected chi connectivity index (χ4v) is 8.55. The van der Waals surface area contributed by atoms with Gasteiger partial charge in [-0.2, -0.15) is 0 Å². The van der Waals surface area contributed by atoms with Crippen LogP contribution >= 0.6 is 0 Å². The summed E-state index contributed by atoms with van der Waals surface area (Å²) in [4.78, 5) is 7.18. The van der Waals surface area contributed by atoms with Crippen LogP contribution in [-0.4, -0.2) is 9.55 Å². The van der Waals surface area contributed by atoms with E-state index < -0.39 is 0 Å². The second-order valence-electron chi connectivity index (χ2n) is 14.4. The average Bonchev–Trinajstić information content (AvgIpc) is 3.61.